The highest BCUT2D eigenvalue weighted by molar-refractivity contribution is 7.92. The van der Waals surface area contributed by atoms with Gasteiger partial charge >= 0.3 is 0 Å². The Morgan fingerprint density at radius 1 is 1.07 bits per heavy atom. The first-order valence-corrected chi connectivity index (χ1v) is 10.7. The van der Waals surface area contributed by atoms with E-state index in [0.717, 1.165) is 6.42 Å². The molecule has 0 bridgehead atoms. The largest absolute Gasteiger partial charge is 0.494 e. The molecule has 2 N–H and O–H groups in total. The molecule has 0 unspecified atom stereocenters. The molecule has 152 valence electrons. The molecule has 2 aromatic rings. The molecule has 0 saturated carbocycles. The van der Waals surface area contributed by atoms with Gasteiger partial charge in [-0.2, -0.15) is 0 Å². The number of benzene rings is 2. The molecule has 7 heteroatoms. The minimum Gasteiger partial charge on any atom is -0.494 e. The van der Waals surface area contributed by atoms with E-state index < -0.39 is 10.0 Å². The van der Waals surface area contributed by atoms with Crippen LogP contribution in [0.1, 0.15) is 50.0 Å². The standard InChI is InChI=1S/C21H28N2O4S/c1-6-21(4,5)22-20(24)16-9-8-15(3)19(14-16)28(25,26)23-17-10-12-18(13-11-17)27-7-2/h8-14,23H,6-7H2,1-5H3,(H,22,24). The van der Waals surface area contributed by atoms with Gasteiger partial charge < -0.3 is 10.1 Å². The van der Waals surface area contributed by atoms with E-state index in [2.05, 4.69) is 10.0 Å². The van der Waals surface area contributed by atoms with Crippen LogP contribution in [0.5, 0.6) is 5.75 Å². The second-order valence-corrected chi connectivity index (χ2v) is 8.89. The summed E-state index contributed by atoms with van der Waals surface area (Å²) in [6.07, 6.45) is 0.759. The van der Waals surface area contributed by atoms with Crippen molar-refractivity contribution in [3.8, 4) is 5.75 Å². The number of amides is 1. The van der Waals surface area contributed by atoms with Crippen LogP contribution in [0.3, 0.4) is 0 Å². The molecule has 0 aromatic heterocycles. The molecule has 0 radical (unpaired) electrons. The molecule has 0 spiro atoms. The number of nitrogens with one attached hydrogen (secondary N) is 2. The summed E-state index contributed by atoms with van der Waals surface area (Å²) in [6.45, 7) is 9.93. The average molecular weight is 405 g/mol. The quantitative estimate of drug-likeness (QED) is 0.693. The lowest BCUT2D eigenvalue weighted by molar-refractivity contribution is 0.0911. The van der Waals surface area contributed by atoms with Gasteiger partial charge in [0.05, 0.1) is 11.5 Å². The summed E-state index contributed by atoms with van der Waals surface area (Å²) < 4.78 is 33.7. The van der Waals surface area contributed by atoms with E-state index in [0.29, 0.717) is 29.2 Å². The van der Waals surface area contributed by atoms with Gasteiger partial charge in [-0.3, -0.25) is 9.52 Å². The number of carbonyl (C=O) groups excluding carboxylic acids is 1. The highest BCUT2D eigenvalue weighted by atomic mass is 32.2. The molecule has 28 heavy (non-hydrogen) atoms. The molecule has 0 atom stereocenters. The number of aryl methyl sites for hydroxylation is 1. The Bertz CT molecular complexity index is 935. The Morgan fingerprint density at radius 2 is 1.71 bits per heavy atom. The molecule has 1 amide bonds. The molecule has 0 fully saturated rings. The summed E-state index contributed by atoms with van der Waals surface area (Å²) in [7, 11) is -3.85. The van der Waals surface area contributed by atoms with Gasteiger partial charge in [-0.25, -0.2) is 8.42 Å². The number of ether oxygens (including phenoxy) is 1. The third kappa shape index (κ3) is 5.48. The molecule has 0 saturated heterocycles. The van der Waals surface area contributed by atoms with Crippen molar-refractivity contribution in [1.29, 1.82) is 0 Å². The molecule has 2 aromatic carbocycles. The van der Waals surface area contributed by atoms with Crippen LogP contribution in [-0.2, 0) is 10.0 Å². The zero-order valence-corrected chi connectivity index (χ0v) is 17.8. The van der Waals surface area contributed by atoms with Crippen LogP contribution < -0.4 is 14.8 Å². The monoisotopic (exact) mass is 404 g/mol. The highest BCUT2D eigenvalue weighted by Crippen LogP contribution is 2.23. The Labute approximate surface area is 167 Å². The van der Waals surface area contributed by atoms with Gasteiger partial charge in [0.1, 0.15) is 5.75 Å². The van der Waals surface area contributed by atoms with Crippen molar-refractivity contribution in [3.63, 3.8) is 0 Å². The first kappa shape index (κ1) is 21.8. The van der Waals surface area contributed by atoms with E-state index in [1.54, 1.807) is 43.3 Å². The summed E-state index contributed by atoms with van der Waals surface area (Å²) in [5, 5.41) is 2.92. The van der Waals surface area contributed by atoms with E-state index in [-0.39, 0.29) is 16.3 Å². The first-order valence-electron chi connectivity index (χ1n) is 9.27. The first-order chi connectivity index (χ1) is 13.1. The van der Waals surface area contributed by atoms with Gasteiger partial charge in [0.25, 0.3) is 15.9 Å². The zero-order chi connectivity index (χ0) is 20.9. The maximum absolute atomic E-state index is 12.9. The summed E-state index contributed by atoms with van der Waals surface area (Å²) in [6, 6.07) is 11.4. The van der Waals surface area contributed by atoms with Crippen molar-refractivity contribution in [1.82, 2.24) is 5.32 Å². The van der Waals surface area contributed by atoms with Crippen molar-refractivity contribution in [2.45, 2.75) is 51.5 Å². The van der Waals surface area contributed by atoms with Crippen molar-refractivity contribution < 1.29 is 17.9 Å². The van der Waals surface area contributed by atoms with Crippen molar-refractivity contribution in [2.75, 3.05) is 11.3 Å². The number of sulfonamides is 1. The SMILES string of the molecule is CCOc1ccc(NS(=O)(=O)c2cc(C(=O)NC(C)(C)CC)ccc2C)cc1. The normalized spacial score (nSPS) is 11.8. The number of hydrogen-bond donors (Lipinski definition) is 2. The minimum absolute atomic E-state index is 0.0725. The fourth-order valence-electron chi connectivity index (χ4n) is 2.49. The fourth-order valence-corrected chi connectivity index (χ4v) is 3.83. The number of hydrogen-bond acceptors (Lipinski definition) is 4. The second-order valence-electron chi connectivity index (χ2n) is 7.23. The summed E-state index contributed by atoms with van der Waals surface area (Å²) in [5.74, 6) is 0.364. The third-order valence-electron chi connectivity index (χ3n) is 4.49. The average Bonchev–Trinajstić information content (AvgIpc) is 2.63. The smallest absolute Gasteiger partial charge is 0.262 e. The maximum atomic E-state index is 12.9. The van der Waals surface area contributed by atoms with E-state index >= 15 is 0 Å². The van der Waals surface area contributed by atoms with Crippen molar-refractivity contribution >= 4 is 21.6 Å². The Balaban J connectivity index is 2.28. The van der Waals surface area contributed by atoms with Gasteiger partial charge in [-0.15, -0.1) is 0 Å². The van der Waals surface area contributed by atoms with E-state index in [1.807, 2.05) is 27.7 Å². The van der Waals surface area contributed by atoms with Crippen LogP contribution in [0.25, 0.3) is 0 Å². The zero-order valence-electron chi connectivity index (χ0n) is 17.0. The van der Waals surface area contributed by atoms with Gasteiger partial charge in [0.15, 0.2) is 0 Å². The summed E-state index contributed by atoms with van der Waals surface area (Å²) >= 11 is 0. The van der Waals surface area contributed by atoms with E-state index in [4.69, 9.17) is 4.74 Å². The number of anilines is 1. The predicted molar refractivity (Wildman–Crippen MR) is 111 cm³/mol. The van der Waals surface area contributed by atoms with Crippen LogP contribution in [0.15, 0.2) is 47.4 Å². The molecular weight excluding hydrogens is 376 g/mol. The molecule has 0 aliphatic carbocycles. The topological polar surface area (TPSA) is 84.5 Å². The second kappa shape index (κ2) is 8.65. The van der Waals surface area contributed by atoms with E-state index in [1.165, 1.54) is 6.07 Å². The lowest BCUT2D eigenvalue weighted by Crippen LogP contribution is -2.42. The predicted octanol–water partition coefficient (Wildman–Crippen LogP) is 4.11. The molecule has 0 heterocycles. The lowest BCUT2D eigenvalue weighted by atomic mass is 10.0. The molecule has 0 aliphatic rings. The number of rotatable bonds is 8. The van der Waals surface area contributed by atoms with Gasteiger partial charge in [0.2, 0.25) is 0 Å². The maximum Gasteiger partial charge on any atom is 0.262 e. The molecular formula is C21H28N2O4S. The van der Waals surface area contributed by atoms with Gasteiger partial charge in [0, 0.05) is 16.8 Å². The molecule has 6 nitrogen and oxygen atoms in total. The Hall–Kier alpha value is -2.54. The Morgan fingerprint density at radius 3 is 2.29 bits per heavy atom. The Kier molecular flexibility index (Phi) is 6.72. The van der Waals surface area contributed by atoms with Crippen molar-refractivity contribution in [2.24, 2.45) is 0 Å². The summed E-state index contributed by atoms with van der Waals surface area (Å²) in [4.78, 5) is 12.6. The van der Waals surface area contributed by atoms with Crippen LogP contribution in [0, 0.1) is 6.92 Å². The van der Waals surface area contributed by atoms with E-state index in [9.17, 15) is 13.2 Å². The molecule has 0 aliphatic heterocycles. The van der Waals surface area contributed by atoms with Crippen LogP contribution >= 0.6 is 0 Å². The highest BCUT2D eigenvalue weighted by Gasteiger charge is 2.22. The van der Waals surface area contributed by atoms with Gasteiger partial charge in [-0.1, -0.05) is 13.0 Å². The molecule has 2 rings (SSSR count). The van der Waals surface area contributed by atoms with Crippen LogP contribution in [-0.4, -0.2) is 26.5 Å². The van der Waals surface area contributed by atoms with Crippen LogP contribution in [0.4, 0.5) is 5.69 Å². The van der Waals surface area contributed by atoms with Gasteiger partial charge in [-0.05, 0) is 76.1 Å². The fraction of sp³-hybridized carbons (Fsp3) is 0.381. The third-order valence-corrected chi connectivity index (χ3v) is 6.02. The van der Waals surface area contributed by atoms with Crippen LogP contribution in [0.2, 0.25) is 0 Å². The summed E-state index contributed by atoms with van der Waals surface area (Å²) in [5.41, 5.74) is 0.912. The number of carbonyl (C=O) groups is 1. The van der Waals surface area contributed by atoms with Crippen molar-refractivity contribution in [3.05, 3.63) is 53.6 Å². The lowest BCUT2D eigenvalue weighted by Gasteiger charge is -2.24. The minimum atomic E-state index is -3.85.